The molecule has 0 spiro atoms. The molecule has 1 aromatic heterocycles. The quantitative estimate of drug-likeness (QED) is 0.175. The van der Waals surface area contributed by atoms with Crippen LogP contribution in [-0.4, -0.2) is 77.3 Å². The lowest BCUT2D eigenvalue weighted by atomic mass is 9.84. The molecule has 0 bridgehead atoms. The lowest BCUT2D eigenvalue weighted by Crippen LogP contribution is -2.47. The SMILES string of the molecule is CC(C)C(=N)NC(=O)N1CCC([C@H](C)CCOc2cnc(N3C[C@H](NC(=O)OC(C)(C)C)[C@@H](c4cc(F)c(F)cc4F)C3)nc2)CC1. The van der Waals surface area contributed by atoms with Gasteiger partial charge in [-0.25, -0.2) is 32.7 Å². The summed E-state index contributed by atoms with van der Waals surface area (Å²) in [7, 11) is 0. The molecule has 11 nitrogen and oxygen atoms in total. The first kappa shape index (κ1) is 35.7. The van der Waals surface area contributed by atoms with Crippen LogP contribution in [0.3, 0.4) is 0 Å². The number of benzene rings is 1. The van der Waals surface area contributed by atoms with Crippen LogP contribution in [0.1, 0.15) is 72.3 Å². The van der Waals surface area contributed by atoms with E-state index in [-0.39, 0.29) is 36.4 Å². The standard InChI is InChI=1S/C33H46F3N7O4/c1-19(2)29(37)41-31(44)42-10-7-21(8-11-42)20(3)9-12-46-22-15-38-30(39-16-22)43-17-24(23-13-26(35)27(36)14-25(23)34)28(18-43)40-32(45)47-33(4,5)6/h13-16,19-21,24,28H,7-12,17-18H2,1-6H3,(H,40,45)(H2,37,41,44)/t20-,24-,28+/m1/s1. The molecule has 3 amide bonds. The summed E-state index contributed by atoms with van der Waals surface area (Å²) in [5, 5.41) is 13.3. The Bertz CT molecular complexity index is 1410. The second-order valence-corrected chi connectivity index (χ2v) is 13.7. The molecule has 0 radical (unpaired) electrons. The van der Waals surface area contributed by atoms with Crippen molar-refractivity contribution in [1.29, 1.82) is 5.41 Å². The van der Waals surface area contributed by atoms with E-state index in [4.69, 9.17) is 14.9 Å². The highest BCUT2D eigenvalue weighted by atomic mass is 19.2. The van der Waals surface area contributed by atoms with E-state index >= 15 is 0 Å². The maximum absolute atomic E-state index is 14.8. The minimum atomic E-state index is -1.29. The predicted octanol–water partition coefficient (Wildman–Crippen LogP) is 5.85. The Balaban J connectivity index is 1.31. The van der Waals surface area contributed by atoms with E-state index in [1.807, 2.05) is 13.8 Å². The number of nitrogens with zero attached hydrogens (tertiary/aromatic N) is 4. The molecule has 3 N–H and O–H groups in total. The van der Waals surface area contributed by atoms with E-state index in [1.165, 1.54) is 0 Å². The Morgan fingerprint density at radius 2 is 1.66 bits per heavy atom. The molecule has 3 heterocycles. The van der Waals surface area contributed by atoms with Gasteiger partial charge >= 0.3 is 12.1 Å². The molecular formula is C33H46F3N7O4. The van der Waals surface area contributed by atoms with Gasteiger partial charge in [-0.05, 0) is 63.5 Å². The number of urea groups is 1. The van der Waals surface area contributed by atoms with Crippen molar-refractivity contribution in [1.82, 2.24) is 25.5 Å². The number of amides is 3. The number of carbonyl (C=O) groups excluding carboxylic acids is 2. The number of nitrogens with one attached hydrogen (secondary N) is 3. The number of anilines is 1. The third-order valence-electron chi connectivity index (χ3n) is 8.65. The summed E-state index contributed by atoms with van der Waals surface area (Å²) < 4.78 is 53.9. The third-order valence-corrected chi connectivity index (χ3v) is 8.65. The minimum absolute atomic E-state index is 0.0305. The van der Waals surface area contributed by atoms with E-state index in [0.29, 0.717) is 49.3 Å². The average Bonchev–Trinajstić information content (AvgIpc) is 3.41. The molecule has 2 fully saturated rings. The van der Waals surface area contributed by atoms with E-state index in [0.717, 1.165) is 25.3 Å². The fourth-order valence-electron chi connectivity index (χ4n) is 5.87. The molecule has 14 heteroatoms. The van der Waals surface area contributed by atoms with Gasteiger partial charge in [0, 0.05) is 44.1 Å². The van der Waals surface area contributed by atoms with Crippen molar-refractivity contribution in [3.8, 4) is 5.75 Å². The van der Waals surface area contributed by atoms with Crippen molar-refractivity contribution in [3.05, 3.63) is 47.5 Å². The summed E-state index contributed by atoms with van der Waals surface area (Å²) in [6.07, 6.45) is 4.95. The Hall–Kier alpha value is -4.10. The topological polar surface area (TPSA) is 133 Å². The second kappa shape index (κ2) is 15.2. The summed E-state index contributed by atoms with van der Waals surface area (Å²) in [6.45, 7) is 13.1. The van der Waals surface area contributed by atoms with Crippen LogP contribution >= 0.6 is 0 Å². The summed E-state index contributed by atoms with van der Waals surface area (Å²) in [5.74, 6) is -2.30. The highest BCUT2D eigenvalue weighted by Gasteiger charge is 2.39. The van der Waals surface area contributed by atoms with Crippen LogP contribution in [0.25, 0.3) is 0 Å². The van der Waals surface area contributed by atoms with Gasteiger partial charge in [-0.1, -0.05) is 20.8 Å². The Morgan fingerprint density at radius 3 is 2.28 bits per heavy atom. The number of ether oxygens (including phenoxy) is 2. The average molecular weight is 662 g/mol. The van der Waals surface area contributed by atoms with Crippen molar-refractivity contribution in [2.24, 2.45) is 17.8 Å². The fraction of sp³-hybridized carbons (Fsp3) is 0.606. The largest absolute Gasteiger partial charge is 0.490 e. The van der Waals surface area contributed by atoms with Gasteiger partial charge < -0.3 is 24.6 Å². The van der Waals surface area contributed by atoms with Crippen LogP contribution in [0.5, 0.6) is 5.75 Å². The number of alkyl carbamates (subject to hydrolysis) is 1. The summed E-state index contributed by atoms with van der Waals surface area (Å²) >= 11 is 0. The summed E-state index contributed by atoms with van der Waals surface area (Å²) in [6, 6.07) is 0.421. The van der Waals surface area contributed by atoms with Gasteiger partial charge in [0.05, 0.1) is 25.0 Å². The number of likely N-dealkylation sites (tertiary alicyclic amines) is 1. The lowest BCUT2D eigenvalue weighted by molar-refractivity contribution is 0.0504. The van der Waals surface area contributed by atoms with Crippen molar-refractivity contribution >= 4 is 23.9 Å². The first-order valence-electron chi connectivity index (χ1n) is 16.1. The molecule has 2 aromatic rings. The third kappa shape index (κ3) is 9.71. The Kier molecular flexibility index (Phi) is 11.6. The zero-order valence-corrected chi connectivity index (χ0v) is 27.9. The summed E-state index contributed by atoms with van der Waals surface area (Å²) in [5.41, 5.74) is -0.834. The first-order chi connectivity index (χ1) is 22.1. The molecule has 1 aromatic carbocycles. The summed E-state index contributed by atoms with van der Waals surface area (Å²) in [4.78, 5) is 37.3. The molecule has 0 aliphatic carbocycles. The van der Waals surface area contributed by atoms with Crippen LogP contribution in [0.15, 0.2) is 24.5 Å². The molecule has 0 saturated carbocycles. The molecular weight excluding hydrogens is 615 g/mol. The number of aromatic nitrogens is 2. The molecule has 0 unspecified atom stereocenters. The van der Waals surface area contributed by atoms with E-state index < -0.39 is 41.1 Å². The van der Waals surface area contributed by atoms with Crippen molar-refractivity contribution in [3.63, 3.8) is 0 Å². The van der Waals surface area contributed by atoms with Crippen LogP contribution in [0.4, 0.5) is 28.7 Å². The monoisotopic (exact) mass is 661 g/mol. The number of piperidine rings is 1. The van der Waals surface area contributed by atoms with E-state index in [1.54, 1.807) is 43.0 Å². The van der Waals surface area contributed by atoms with Gasteiger partial charge in [0.25, 0.3) is 0 Å². The fourth-order valence-corrected chi connectivity index (χ4v) is 5.87. The normalized spacial score (nSPS) is 19.4. The molecule has 2 aliphatic heterocycles. The van der Waals surface area contributed by atoms with Crippen LogP contribution in [0, 0.1) is 40.6 Å². The maximum atomic E-state index is 14.8. The first-order valence-corrected chi connectivity index (χ1v) is 16.1. The van der Waals surface area contributed by atoms with Gasteiger partial charge in [0.2, 0.25) is 5.95 Å². The number of hydrogen-bond acceptors (Lipinski definition) is 8. The van der Waals surface area contributed by atoms with Gasteiger partial charge in [-0.3, -0.25) is 10.7 Å². The Labute approximate surface area is 274 Å². The smallest absolute Gasteiger partial charge is 0.407 e. The van der Waals surface area contributed by atoms with Crippen LogP contribution in [-0.2, 0) is 4.74 Å². The lowest BCUT2D eigenvalue weighted by Gasteiger charge is -2.35. The van der Waals surface area contributed by atoms with Gasteiger partial charge in [0.15, 0.2) is 17.4 Å². The molecule has 47 heavy (non-hydrogen) atoms. The van der Waals surface area contributed by atoms with Gasteiger partial charge in [-0.2, -0.15) is 0 Å². The molecule has 3 atom stereocenters. The van der Waals surface area contributed by atoms with Gasteiger partial charge in [0.1, 0.15) is 17.3 Å². The number of amidine groups is 1. The van der Waals surface area contributed by atoms with Crippen molar-refractivity contribution < 1.29 is 32.2 Å². The maximum Gasteiger partial charge on any atom is 0.407 e. The minimum Gasteiger partial charge on any atom is -0.490 e. The molecule has 4 rings (SSSR count). The molecule has 2 saturated heterocycles. The van der Waals surface area contributed by atoms with Crippen LogP contribution < -0.4 is 20.3 Å². The van der Waals surface area contributed by atoms with Crippen molar-refractivity contribution in [2.75, 3.05) is 37.7 Å². The molecule has 258 valence electrons. The highest BCUT2D eigenvalue weighted by Crippen LogP contribution is 2.33. The zero-order valence-electron chi connectivity index (χ0n) is 27.9. The number of rotatable bonds is 9. The predicted molar refractivity (Wildman–Crippen MR) is 171 cm³/mol. The Morgan fingerprint density at radius 1 is 1.02 bits per heavy atom. The van der Waals surface area contributed by atoms with Gasteiger partial charge in [-0.15, -0.1) is 0 Å². The van der Waals surface area contributed by atoms with E-state index in [2.05, 4.69) is 27.5 Å². The number of carbonyl (C=O) groups is 2. The second-order valence-electron chi connectivity index (χ2n) is 13.7. The highest BCUT2D eigenvalue weighted by molar-refractivity contribution is 5.96. The molecule has 2 aliphatic rings. The van der Waals surface area contributed by atoms with E-state index in [9.17, 15) is 22.8 Å². The number of hydrogen-bond donors (Lipinski definition) is 3. The zero-order chi connectivity index (χ0) is 34.5. The van der Waals surface area contributed by atoms with Crippen molar-refractivity contribution in [2.45, 2.75) is 78.4 Å². The van der Waals surface area contributed by atoms with Crippen LogP contribution in [0.2, 0.25) is 0 Å². The number of halogens is 3.